The van der Waals surface area contributed by atoms with Crippen LogP contribution in [-0.2, 0) is 4.79 Å². The summed E-state index contributed by atoms with van der Waals surface area (Å²) < 4.78 is 1.89. The van der Waals surface area contributed by atoms with E-state index in [1.165, 1.54) is 0 Å². The molecule has 1 heterocycles. The standard InChI is InChI=1S/C14H19N6O2S.K/c1-18(2)8-9-19(7-6-13(21)22)11-4-3-5-12(10-11)20-14(23)15-16-17-20;/h3-5,9-10H,6-8H2,1-2H3,(H,21,22)(H,15,17,23);/q;+1/p-1. The predicted molar refractivity (Wildman–Crippen MR) is 86.4 cm³/mol. The van der Waals surface area contributed by atoms with Crippen LogP contribution in [0.1, 0.15) is 6.42 Å². The van der Waals surface area contributed by atoms with Crippen LogP contribution in [0.3, 0.4) is 0 Å². The van der Waals surface area contributed by atoms with Crippen molar-refractivity contribution in [3.63, 3.8) is 0 Å². The summed E-state index contributed by atoms with van der Waals surface area (Å²) in [6, 6.07) is 7.51. The molecule has 2 aromatic rings. The van der Waals surface area contributed by atoms with Crippen molar-refractivity contribution in [3.05, 3.63) is 35.6 Å². The maximum atomic E-state index is 10.8. The van der Waals surface area contributed by atoms with Gasteiger partial charge in [-0.3, -0.25) is 0 Å². The Morgan fingerprint density at radius 3 is 2.79 bits per heavy atom. The molecule has 1 aromatic carbocycles. The second-order valence-electron chi connectivity index (χ2n) is 5.20. The summed E-state index contributed by atoms with van der Waals surface area (Å²) in [5.74, 6) is -1.08. The van der Waals surface area contributed by atoms with E-state index in [1.54, 1.807) is 4.68 Å². The molecule has 123 valence electrons. The van der Waals surface area contributed by atoms with E-state index in [4.69, 9.17) is 12.2 Å². The van der Waals surface area contributed by atoms with Crippen molar-refractivity contribution >= 4 is 23.9 Å². The van der Waals surface area contributed by atoms with Gasteiger partial charge in [0.25, 0.3) is 0 Å². The molecule has 0 saturated heterocycles. The van der Waals surface area contributed by atoms with Crippen molar-refractivity contribution in [2.45, 2.75) is 6.42 Å². The maximum absolute atomic E-state index is 10.8. The van der Waals surface area contributed by atoms with Crippen LogP contribution in [0.5, 0.6) is 0 Å². The number of carboxylic acids is 1. The van der Waals surface area contributed by atoms with E-state index in [0.717, 1.165) is 11.4 Å². The first-order valence-electron chi connectivity index (χ1n) is 7.02. The molecule has 0 bridgehead atoms. The van der Waals surface area contributed by atoms with E-state index in [2.05, 4.69) is 15.5 Å². The number of hydrogen-bond donors (Lipinski definition) is 1. The second-order valence-corrected chi connectivity index (χ2v) is 5.56. The van der Waals surface area contributed by atoms with Gasteiger partial charge in [-0.15, -0.1) is 0 Å². The molecule has 0 atom stereocenters. The van der Waals surface area contributed by atoms with Gasteiger partial charge in [-0.05, 0) is 44.5 Å². The fourth-order valence-electron chi connectivity index (χ4n) is 1.98. The zero-order chi connectivity index (χ0) is 16.8. The first-order chi connectivity index (χ1) is 11.0. The van der Waals surface area contributed by atoms with E-state index in [-0.39, 0.29) is 57.8 Å². The summed E-state index contributed by atoms with van der Waals surface area (Å²) in [6.45, 7) is 2.95. The number of tetrazole rings is 1. The average molecular weight is 374 g/mol. The van der Waals surface area contributed by atoms with E-state index in [9.17, 15) is 9.90 Å². The van der Waals surface area contributed by atoms with Gasteiger partial charge in [0.05, 0.1) is 12.2 Å². The van der Waals surface area contributed by atoms with Crippen LogP contribution in [0.25, 0.3) is 5.69 Å². The van der Waals surface area contributed by atoms with Crippen LogP contribution in [0, 0.1) is 11.3 Å². The quantitative estimate of drug-likeness (QED) is 0.389. The van der Waals surface area contributed by atoms with Gasteiger partial charge in [-0.2, -0.15) is 5.21 Å². The van der Waals surface area contributed by atoms with Crippen molar-refractivity contribution in [1.82, 2.24) is 25.1 Å². The Bertz CT molecular complexity index is 717. The molecule has 2 rings (SSSR count). The van der Waals surface area contributed by atoms with Crippen LogP contribution in [0.4, 0.5) is 5.69 Å². The number of aromatic amines is 1. The zero-order valence-electron chi connectivity index (χ0n) is 14.0. The number of aromatic nitrogens is 4. The number of anilines is 1. The van der Waals surface area contributed by atoms with Gasteiger partial charge >= 0.3 is 51.4 Å². The zero-order valence-corrected chi connectivity index (χ0v) is 17.9. The molecule has 10 heteroatoms. The molecular weight excluding hydrogens is 355 g/mol. The second kappa shape index (κ2) is 10.4. The molecule has 1 aromatic heterocycles. The molecule has 1 N–H and O–H groups in total. The van der Waals surface area contributed by atoms with E-state index < -0.39 is 5.97 Å². The normalized spacial score (nSPS) is 10.5. The van der Waals surface area contributed by atoms with Gasteiger partial charge in [-0.25, -0.2) is 4.68 Å². The van der Waals surface area contributed by atoms with Crippen LogP contribution in [-0.4, -0.2) is 58.3 Å². The first kappa shape index (κ1) is 21.4. The Kier molecular flexibility index (Phi) is 9.27. The molecular formula is C14H18KN6O2S. The number of carbonyl (C=O) groups excluding carboxylic acids is 1. The molecule has 0 spiro atoms. The minimum Gasteiger partial charge on any atom is -0.550 e. The van der Waals surface area contributed by atoms with E-state index in [1.807, 2.05) is 54.7 Å². The third-order valence-electron chi connectivity index (χ3n) is 3.12. The monoisotopic (exact) mass is 373 g/mol. The maximum Gasteiger partial charge on any atom is 1.00 e. The van der Waals surface area contributed by atoms with Gasteiger partial charge < -0.3 is 19.7 Å². The summed E-state index contributed by atoms with van der Waals surface area (Å²) in [5.41, 5.74) is 1.62. The van der Waals surface area contributed by atoms with Crippen molar-refractivity contribution < 1.29 is 61.3 Å². The smallest absolute Gasteiger partial charge is 0.550 e. The number of likely N-dealkylation sites (N-methyl/N-ethyl adjacent to an activating group) is 1. The number of H-pyrrole nitrogens is 1. The van der Waals surface area contributed by atoms with Gasteiger partial charge in [0, 0.05) is 31.2 Å². The van der Waals surface area contributed by atoms with Crippen molar-refractivity contribution in [3.8, 4) is 5.69 Å². The molecule has 0 amide bonds. The predicted octanol–water partition coefficient (Wildman–Crippen LogP) is -3.00. The minimum absolute atomic E-state index is 0. The third-order valence-corrected chi connectivity index (χ3v) is 3.38. The number of aliphatic carboxylic acids is 1. The SMILES string of the molecule is CN(C)C[CH]N(CCC(=O)[O-])c1cccc(-n2[nH]nnc2=S)c1.[K+]. The molecule has 0 saturated carbocycles. The molecule has 0 fully saturated rings. The van der Waals surface area contributed by atoms with Gasteiger partial charge in [0.1, 0.15) is 0 Å². The van der Waals surface area contributed by atoms with Crippen molar-refractivity contribution in [2.75, 3.05) is 32.1 Å². The van der Waals surface area contributed by atoms with Crippen LogP contribution in [0.2, 0.25) is 0 Å². The Balaban J connectivity index is 0.00000288. The Morgan fingerprint density at radius 2 is 2.21 bits per heavy atom. The molecule has 0 aliphatic heterocycles. The van der Waals surface area contributed by atoms with Gasteiger partial charge in [0.15, 0.2) is 0 Å². The van der Waals surface area contributed by atoms with Crippen LogP contribution in [0.15, 0.2) is 24.3 Å². The Morgan fingerprint density at radius 1 is 1.46 bits per heavy atom. The number of rotatable bonds is 8. The number of carbonyl (C=O) groups is 1. The fraction of sp³-hybridized carbons (Fsp3) is 0.357. The van der Waals surface area contributed by atoms with Gasteiger partial charge in [-0.1, -0.05) is 16.4 Å². The largest absolute Gasteiger partial charge is 1.00 e. The number of nitrogens with zero attached hydrogens (tertiary/aromatic N) is 5. The topological polar surface area (TPSA) is 93.1 Å². The molecule has 1 radical (unpaired) electrons. The average Bonchev–Trinajstić information content (AvgIpc) is 2.93. The number of hydrogen-bond acceptors (Lipinski definition) is 7. The van der Waals surface area contributed by atoms with Crippen LogP contribution < -0.4 is 61.4 Å². The summed E-state index contributed by atoms with van der Waals surface area (Å²) in [5, 5.41) is 20.9. The number of carboxylic acid groups (broad SMARTS) is 1. The molecule has 24 heavy (non-hydrogen) atoms. The molecule has 0 unspecified atom stereocenters. The van der Waals surface area contributed by atoms with Crippen LogP contribution >= 0.6 is 12.2 Å². The van der Waals surface area contributed by atoms with Crippen molar-refractivity contribution in [2.24, 2.45) is 0 Å². The third kappa shape index (κ3) is 6.35. The Labute approximate surface area is 188 Å². The van der Waals surface area contributed by atoms with Gasteiger partial charge in [0.2, 0.25) is 4.77 Å². The number of nitrogens with one attached hydrogen (secondary N) is 1. The molecule has 0 aliphatic rings. The Hall–Kier alpha value is -0.624. The van der Waals surface area contributed by atoms with E-state index >= 15 is 0 Å². The summed E-state index contributed by atoms with van der Waals surface area (Å²) in [6.07, 6.45) is -0.0564. The fourth-order valence-corrected chi connectivity index (χ4v) is 2.16. The van der Waals surface area contributed by atoms with Crippen molar-refractivity contribution in [1.29, 1.82) is 0 Å². The first-order valence-corrected chi connectivity index (χ1v) is 7.43. The summed E-state index contributed by atoms with van der Waals surface area (Å²) in [7, 11) is 3.89. The minimum atomic E-state index is -1.08. The summed E-state index contributed by atoms with van der Waals surface area (Å²) in [4.78, 5) is 14.6. The number of benzene rings is 1. The molecule has 8 nitrogen and oxygen atoms in total. The summed E-state index contributed by atoms with van der Waals surface area (Å²) >= 11 is 5.09. The van der Waals surface area contributed by atoms with E-state index in [0.29, 0.717) is 17.9 Å². The molecule has 0 aliphatic carbocycles.